The van der Waals surface area contributed by atoms with Gasteiger partial charge in [0.15, 0.2) is 0 Å². The molecule has 0 bridgehead atoms. The number of carbonyl (C=O) groups excluding carboxylic acids is 2. The Hall–Kier alpha value is -4.43. The Kier molecular flexibility index (Phi) is 11.7. The van der Waals surface area contributed by atoms with E-state index in [9.17, 15) is 22.8 Å². The summed E-state index contributed by atoms with van der Waals surface area (Å²) >= 11 is 0. The lowest BCUT2D eigenvalue weighted by molar-refractivity contribution is -0.137. The Morgan fingerprint density at radius 3 is 2.21 bits per heavy atom. The number of halogens is 3. The Balaban J connectivity index is 1.05. The summed E-state index contributed by atoms with van der Waals surface area (Å²) in [4.78, 5) is 28.1. The highest BCUT2D eigenvalue weighted by Crippen LogP contribution is 2.32. The molecule has 1 heterocycles. The second-order valence-corrected chi connectivity index (χ2v) is 12.4. The molecule has 4 aromatic rings. The summed E-state index contributed by atoms with van der Waals surface area (Å²) in [7, 11) is 0. The predicted octanol–water partition coefficient (Wildman–Crippen LogP) is 8.98. The first-order chi connectivity index (χ1) is 23.2. The van der Waals surface area contributed by atoms with Crippen LogP contribution in [-0.4, -0.2) is 29.8 Å². The second-order valence-electron chi connectivity index (χ2n) is 12.4. The first-order valence-electron chi connectivity index (χ1n) is 16.9. The van der Waals surface area contributed by atoms with E-state index in [4.69, 9.17) is 0 Å². The molecule has 48 heavy (non-hydrogen) atoms. The van der Waals surface area contributed by atoms with Crippen molar-refractivity contribution in [3.63, 3.8) is 0 Å². The molecule has 8 heteroatoms. The minimum absolute atomic E-state index is 0.118. The third-order valence-corrected chi connectivity index (χ3v) is 9.13. The Morgan fingerprint density at radius 1 is 0.792 bits per heavy atom. The molecule has 2 amide bonds. The van der Waals surface area contributed by atoms with Gasteiger partial charge in [0, 0.05) is 37.3 Å². The van der Waals surface area contributed by atoms with Gasteiger partial charge in [0.05, 0.1) is 5.56 Å². The van der Waals surface area contributed by atoms with Gasteiger partial charge in [0.2, 0.25) is 5.91 Å². The van der Waals surface area contributed by atoms with Crippen LogP contribution in [0.25, 0.3) is 11.1 Å². The SMILES string of the molecule is CCc1cccc(CC)c1CCCC(=O)NCCCCN1Cc2ccc(NC(=O)c3ccccc3-c3ccc(C(F)(F)F)cc3)cc2C1. The van der Waals surface area contributed by atoms with E-state index >= 15 is 0 Å². The third-order valence-electron chi connectivity index (χ3n) is 9.13. The average molecular weight is 656 g/mol. The number of rotatable bonds is 14. The van der Waals surface area contributed by atoms with Crippen LogP contribution in [0.2, 0.25) is 0 Å². The molecule has 0 saturated carbocycles. The van der Waals surface area contributed by atoms with Crippen LogP contribution in [0.3, 0.4) is 0 Å². The fourth-order valence-electron chi connectivity index (χ4n) is 6.54. The van der Waals surface area contributed by atoms with Gasteiger partial charge in [-0.25, -0.2) is 0 Å². The standard InChI is InChI=1S/C40H44F3N3O2/c1-3-28-11-9-12-29(4-2)35(28)15-10-16-38(47)44-23-7-8-24-46-26-31-19-22-34(25-32(31)27-46)45-39(48)37-14-6-5-13-36(37)30-17-20-33(21-18-30)40(41,42)43/h5-6,9,11-14,17-22,25H,3-4,7-8,10,15-16,23-24,26-27H2,1-2H3,(H,44,47)(H,45,48). The lowest BCUT2D eigenvalue weighted by Crippen LogP contribution is -2.25. The molecule has 5 nitrogen and oxygen atoms in total. The molecule has 4 aromatic carbocycles. The van der Waals surface area contributed by atoms with Gasteiger partial charge in [-0.1, -0.05) is 68.4 Å². The van der Waals surface area contributed by atoms with Crippen LogP contribution in [0, 0.1) is 0 Å². The zero-order valence-electron chi connectivity index (χ0n) is 27.8. The number of nitrogens with zero attached hydrogens (tertiary/aromatic N) is 1. The monoisotopic (exact) mass is 655 g/mol. The zero-order valence-corrected chi connectivity index (χ0v) is 27.8. The van der Waals surface area contributed by atoms with E-state index in [0.29, 0.717) is 35.3 Å². The van der Waals surface area contributed by atoms with E-state index in [-0.39, 0.29) is 11.8 Å². The minimum atomic E-state index is -4.42. The number of nitrogens with one attached hydrogen (secondary N) is 2. The number of hydrogen-bond acceptors (Lipinski definition) is 3. The number of hydrogen-bond donors (Lipinski definition) is 2. The summed E-state index contributed by atoms with van der Waals surface area (Å²) in [5, 5.41) is 6.06. The van der Waals surface area contributed by atoms with E-state index in [1.807, 2.05) is 18.2 Å². The van der Waals surface area contributed by atoms with E-state index < -0.39 is 11.7 Å². The van der Waals surface area contributed by atoms with Crippen LogP contribution in [0.4, 0.5) is 18.9 Å². The number of carbonyl (C=O) groups is 2. The van der Waals surface area contributed by atoms with Gasteiger partial charge in [-0.15, -0.1) is 0 Å². The summed E-state index contributed by atoms with van der Waals surface area (Å²) in [6.45, 7) is 7.58. The Labute approximate surface area is 281 Å². The maximum atomic E-state index is 13.3. The van der Waals surface area contributed by atoms with E-state index in [1.165, 1.54) is 34.4 Å². The number of fused-ring (bicyclic) bond motifs is 1. The quantitative estimate of drug-likeness (QED) is 0.133. The topological polar surface area (TPSA) is 61.4 Å². The molecular formula is C40H44F3N3O2. The smallest absolute Gasteiger partial charge is 0.356 e. The lowest BCUT2D eigenvalue weighted by atomic mass is 9.93. The molecule has 0 atom stereocenters. The van der Waals surface area contributed by atoms with Crippen molar-refractivity contribution in [3.05, 3.63) is 124 Å². The van der Waals surface area contributed by atoms with E-state index in [2.05, 4.69) is 47.6 Å². The maximum absolute atomic E-state index is 13.3. The number of aryl methyl sites for hydroxylation is 2. The van der Waals surface area contributed by atoms with Crippen molar-refractivity contribution in [2.45, 2.75) is 78.1 Å². The van der Waals surface area contributed by atoms with Gasteiger partial charge in [-0.3, -0.25) is 14.5 Å². The summed E-state index contributed by atoms with van der Waals surface area (Å²) in [5.74, 6) is -0.203. The molecule has 0 spiro atoms. The molecule has 0 fully saturated rings. The molecule has 0 aromatic heterocycles. The second kappa shape index (κ2) is 16.1. The van der Waals surface area contributed by atoms with E-state index in [0.717, 1.165) is 75.9 Å². The molecule has 1 aliphatic heterocycles. The summed E-state index contributed by atoms with van der Waals surface area (Å²) in [6.07, 6.45) is 1.84. The summed E-state index contributed by atoms with van der Waals surface area (Å²) in [5.41, 5.74) is 8.02. The minimum Gasteiger partial charge on any atom is -0.356 e. The highest BCUT2D eigenvalue weighted by atomic mass is 19.4. The first-order valence-corrected chi connectivity index (χ1v) is 16.9. The Morgan fingerprint density at radius 2 is 1.50 bits per heavy atom. The number of benzene rings is 4. The van der Waals surface area contributed by atoms with Crippen LogP contribution < -0.4 is 10.6 Å². The molecular weight excluding hydrogens is 611 g/mol. The molecule has 252 valence electrons. The normalized spacial score (nSPS) is 12.9. The predicted molar refractivity (Wildman–Crippen MR) is 186 cm³/mol. The van der Waals surface area contributed by atoms with Crippen molar-refractivity contribution in [1.29, 1.82) is 0 Å². The fourth-order valence-corrected chi connectivity index (χ4v) is 6.54. The largest absolute Gasteiger partial charge is 0.416 e. The summed E-state index contributed by atoms with van der Waals surface area (Å²) in [6, 6.07) is 24.2. The van der Waals surface area contributed by atoms with Gasteiger partial charge < -0.3 is 10.6 Å². The van der Waals surface area contributed by atoms with Gasteiger partial charge in [0.1, 0.15) is 0 Å². The molecule has 0 aliphatic carbocycles. The number of unbranched alkanes of at least 4 members (excludes halogenated alkanes) is 1. The van der Waals surface area contributed by atoms with Crippen LogP contribution >= 0.6 is 0 Å². The lowest BCUT2D eigenvalue weighted by Gasteiger charge is -2.15. The van der Waals surface area contributed by atoms with Crippen LogP contribution in [0.1, 0.15) is 83.3 Å². The van der Waals surface area contributed by atoms with Crippen molar-refractivity contribution < 1.29 is 22.8 Å². The van der Waals surface area contributed by atoms with Crippen LogP contribution in [-0.2, 0) is 43.3 Å². The fraction of sp³-hybridized carbons (Fsp3) is 0.350. The average Bonchev–Trinajstić information content (AvgIpc) is 3.50. The van der Waals surface area contributed by atoms with Crippen LogP contribution in [0.15, 0.2) is 84.9 Å². The molecule has 1 aliphatic rings. The van der Waals surface area contributed by atoms with Crippen LogP contribution in [0.5, 0.6) is 0 Å². The van der Waals surface area contributed by atoms with Crippen molar-refractivity contribution in [2.24, 2.45) is 0 Å². The Bertz CT molecular complexity index is 1690. The maximum Gasteiger partial charge on any atom is 0.416 e. The van der Waals surface area contributed by atoms with E-state index in [1.54, 1.807) is 24.3 Å². The number of alkyl halides is 3. The first kappa shape index (κ1) is 34.9. The van der Waals surface area contributed by atoms with Crippen molar-refractivity contribution in [2.75, 3.05) is 18.4 Å². The van der Waals surface area contributed by atoms with Gasteiger partial charge in [-0.05, 0) is 114 Å². The third kappa shape index (κ3) is 8.92. The molecule has 0 radical (unpaired) electrons. The summed E-state index contributed by atoms with van der Waals surface area (Å²) < 4.78 is 39.1. The molecule has 0 unspecified atom stereocenters. The molecule has 0 saturated heterocycles. The number of amides is 2. The zero-order chi connectivity index (χ0) is 34.1. The van der Waals surface area contributed by atoms with Gasteiger partial charge >= 0.3 is 6.18 Å². The van der Waals surface area contributed by atoms with Crippen molar-refractivity contribution in [3.8, 4) is 11.1 Å². The molecule has 2 N–H and O–H groups in total. The highest BCUT2D eigenvalue weighted by molar-refractivity contribution is 6.08. The van der Waals surface area contributed by atoms with Crippen molar-refractivity contribution in [1.82, 2.24) is 10.2 Å². The van der Waals surface area contributed by atoms with Crippen molar-refractivity contribution >= 4 is 17.5 Å². The molecule has 5 rings (SSSR count). The van der Waals surface area contributed by atoms with Gasteiger partial charge in [-0.2, -0.15) is 13.2 Å². The van der Waals surface area contributed by atoms with Gasteiger partial charge in [0.25, 0.3) is 5.91 Å². The number of anilines is 1. The highest BCUT2D eigenvalue weighted by Gasteiger charge is 2.30.